The van der Waals surface area contributed by atoms with Gasteiger partial charge in [-0.25, -0.2) is 9.59 Å². The quantitative estimate of drug-likeness (QED) is 0.158. The highest BCUT2D eigenvalue weighted by atomic mass is 16.5. The van der Waals surface area contributed by atoms with Gasteiger partial charge in [-0.2, -0.15) is 0 Å². The molecule has 5 amide bonds. The van der Waals surface area contributed by atoms with Crippen molar-refractivity contribution in [3.63, 3.8) is 0 Å². The van der Waals surface area contributed by atoms with Gasteiger partial charge in [0.05, 0.1) is 17.7 Å². The summed E-state index contributed by atoms with van der Waals surface area (Å²) < 4.78 is 11.9. The van der Waals surface area contributed by atoms with Crippen LogP contribution in [0.25, 0.3) is 0 Å². The van der Waals surface area contributed by atoms with E-state index in [9.17, 15) is 28.8 Å². The number of carbonyl (C=O) groups excluding carboxylic acids is 6. The molecule has 2 heterocycles. The van der Waals surface area contributed by atoms with Crippen molar-refractivity contribution in [2.45, 2.75) is 134 Å². The van der Waals surface area contributed by atoms with E-state index in [1.807, 2.05) is 58.0 Å². The van der Waals surface area contributed by atoms with Crippen molar-refractivity contribution in [3.05, 3.63) is 35.9 Å². The molecule has 13 nitrogen and oxygen atoms in total. The maximum absolute atomic E-state index is 14.7. The molecule has 51 heavy (non-hydrogen) atoms. The first-order valence-electron chi connectivity index (χ1n) is 18.7. The Labute approximate surface area is 300 Å². The van der Waals surface area contributed by atoms with Crippen LogP contribution in [0, 0.1) is 23.7 Å². The number of benzene rings is 1. The number of nitrogens with two attached hydrogens (primary N) is 1. The minimum absolute atomic E-state index is 0.0608. The number of Topliss-reactive ketones (excluding diaryl/α,β-unsaturated/α-hetero) is 1. The maximum Gasteiger partial charge on any atom is 0.329 e. The second-order valence-corrected chi connectivity index (χ2v) is 15.6. The fourth-order valence-electron chi connectivity index (χ4n) is 8.02. The summed E-state index contributed by atoms with van der Waals surface area (Å²) >= 11 is 0. The van der Waals surface area contributed by atoms with Gasteiger partial charge in [-0.05, 0) is 62.8 Å². The summed E-state index contributed by atoms with van der Waals surface area (Å²) in [6.45, 7) is 7.84. The van der Waals surface area contributed by atoms with Gasteiger partial charge in [0, 0.05) is 12.5 Å². The molecular weight excluding hydrogens is 654 g/mol. The lowest BCUT2D eigenvalue weighted by molar-refractivity contribution is -0.148. The van der Waals surface area contributed by atoms with E-state index in [1.165, 1.54) is 4.90 Å². The van der Waals surface area contributed by atoms with Crippen molar-refractivity contribution in [1.29, 1.82) is 0 Å². The van der Waals surface area contributed by atoms with E-state index in [0.717, 1.165) is 37.7 Å². The summed E-state index contributed by atoms with van der Waals surface area (Å²) in [7, 11) is 0. The van der Waals surface area contributed by atoms with Crippen molar-refractivity contribution in [3.8, 4) is 0 Å². The second-order valence-electron chi connectivity index (χ2n) is 15.6. The topological polar surface area (TPSA) is 186 Å². The molecular formula is C38H55N5O8. The predicted molar refractivity (Wildman–Crippen MR) is 188 cm³/mol. The summed E-state index contributed by atoms with van der Waals surface area (Å²) in [5.74, 6) is -4.08. The Morgan fingerprint density at radius 3 is 2.29 bits per heavy atom. The Kier molecular flexibility index (Phi) is 12.4. The average Bonchev–Trinajstić information content (AvgIpc) is 3.79. The van der Waals surface area contributed by atoms with Crippen LogP contribution in [0.5, 0.6) is 0 Å². The number of fused-ring (bicyclic) bond motifs is 1. The molecule has 2 aliphatic heterocycles. The van der Waals surface area contributed by atoms with Crippen molar-refractivity contribution < 1.29 is 38.2 Å². The predicted octanol–water partition coefficient (Wildman–Crippen LogP) is 3.13. The van der Waals surface area contributed by atoms with Crippen molar-refractivity contribution in [2.24, 2.45) is 29.4 Å². The van der Waals surface area contributed by atoms with Crippen LogP contribution in [-0.4, -0.2) is 82.8 Å². The van der Waals surface area contributed by atoms with Crippen molar-refractivity contribution >= 4 is 35.5 Å². The first-order chi connectivity index (χ1) is 24.3. The molecule has 2 unspecified atom stereocenters. The number of esters is 1. The van der Waals surface area contributed by atoms with E-state index in [1.54, 1.807) is 0 Å². The smallest absolute Gasteiger partial charge is 0.329 e. The summed E-state index contributed by atoms with van der Waals surface area (Å²) in [5.41, 5.74) is 5.64. The van der Waals surface area contributed by atoms with Crippen LogP contribution in [0.15, 0.2) is 30.3 Å². The van der Waals surface area contributed by atoms with Gasteiger partial charge in [-0.1, -0.05) is 82.7 Å². The molecule has 2 aliphatic carbocycles. The monoisotopic (exact) mass is 709 g/mol. The van der Waals surface area contributed by atoms with E-state index < -0.39 is 71.4 Å². The third-order valence-electron chi connectivity index (χ3n) is 11.1. The highest BCUT2D eigenvalue weighted by Gasteiger charge is 2.56. The van der Waals surface area contributed by atoms with Crippen molar-refractivity contribution in [1.82, 2.24) is 20.9 Å². The number of hydrogen-bond acceptors (Lipinski definition) is 8. The fraction of sp³-hybridized carbons (Fsp3) is 0.684. The highest BCUT2D eigenvalue weighted by molar-refractivity contribution is 6.37. The molecule has 0 radical (unpaired) electrons. The van der Waals surface area contributed by atoms with Crippen LogP contribution < -0.4 is 21.7 Å². The van der Waals surface area contributed by atoms with Crippen LogP contribution in [-0.2, 0) is 40.1 Å². The summed E-state index contributed by atoms with van der Waals surface area (Å²) in [5, 5.41) is 8.50. The molecule has 1 aromatic carbocycles. The van der Waals surface area contributed by atoms with Crippen LogP contribution in [0.2, 0.25) is 0 Å². The Morgan fingerprint density at radius 2 is 1.67 bits per heavy atom. The fourth-order valence-corrected chi connectivity index (χ4v) is 8.02. The Balaban J connectivity index is 1.35. The molecule has 0 aromatic heterocycles. The minimum atomic E-state index is -1.12. The zero-order valence-electron chi connectivity index (χ0n) is 30.4. The standard InChI is InChI=1S/C38H55N5O8/c1-5-22(2)29(36(48)50-21-24-12-8-6-9-13-24)41-37(49)42-30(25-14-10-7-11-15-25)35(47)43-20-28-26(19-38(3,4)51-28)31(43)34(46)40-27(18-23-16-17-23)32(44)33(39)45/h6,8-9,12-13,22-23,25-31H,5,7,10-11,14-21H2,1-4H3,(H2,39,45)(H,40,46)(H2,41,42,49)/t22?,26-,27?,28-,29-,30-,31-/m0/s1. The number of primary amides is 1. The van der Waals surface area contributed by atoms with Gasteiger partial charge in [0.1, 0.15) is 24.7 Å². The first-order valence-corrected chi connectivity index (χ1v) is 18.7. The Bertz CT molecular complexity index is 1440. The Morgan fingerprint density at radius 1 is 0.980 bits per heavy atom. The largest absolute Gasteiger partial charge is 0.459 e. The van der Waals surface area contributed by atoms with Gasteiger partial charge >= 0.3 is 12.0 Å². The summed E-state index contributed by atoms with van der Waals surface area (Å²) in [6, 6.07) is 4.62. The number of amides is 5. The number of carbonyl (C=O) groups is 6. The van der Waals surface area contributed by atoms with Crippen LogP contribution in [0.4, 0.5) is 4.79 Å². The molecule has 4 fully saturated rings. The Hall–Kier alpha value is -4.00. The number of rotatable bonds is 15. The lowest BCUT2D eigenvalue weighted by Gasteiger charge is -2.36. The molecule has 13 heteroatoms. The van der Waals surface area contributed by atoms with E-state index >= 15 is 0 Å². The van der Waals surface area contributed by atoms with E-state index in [4.69, 9.17) is 15.2 Å². The van der Waals surface area contributed by atoms with Gasteiger partial charge in [0.25, 0.3) is 5.91 Å². The molecule has 2 saturated carbocycles. The molecule has 280 valence electrons. The van der Waals surface area contributed by atoms with Crippen LogP contribution in [0.1, 0.15) is 97.5 Å². The van der Waals surface area contributed by atoms with Crippen LogP contribution >= 0.6 is 0 Å². The molecule has 5 rings (SSSR count). The zero-order valence-corrected chi connectivity index (χ0v) is 30.4. The third-order valence-corrected chi connectivity index (χ3v) is 11.1. The number of ketones is 1. The van der Waals surface area contributed by atoms with Gasteiger partial charge in [0.2, 0.25) is 17.6 Å². The van der Waals surface area contributed by atoms with E-state index in [0.29, 0.717) is 32.1 Å². The summed E-state index contributed by atoms with van der Waals surface area (Å²) in [6.07, 6.45) is 7.01. The van der Waals surface area contributed by atoms with Gasteiger partial charge in [-0.3, -0.25) is 19.2 Å². The first kappa shape index (κ1) is 38.2. The van der Waals surface area contributed by atoms with Gasteiger partial charge < -0.3 is 36.1 Å². The maximum atomic E-state index is 14.7. The van der Waals surface area contributed by atoms with E-state index in [-0.39, 0.29) is 36.8 Å². The number of ether oxygens (including phenoxy) is 2. The number of urea groups is 1. The normalized spacial score (nSPS) is 25.1. The number of nitrogens with zero attached hydrogens (tertiary/aromatic N) is 1. The number of nitrogens with one attached hydrogen (secondary N) is 3. The molecule has 0 bridgehead atoms. The molecule has 5 N–H and O–H groups in total. The highest BCUT2D eigenvalue weighted by Crippen LogP contribution is 2.44. The zero-order chi connectivity index (χ0) is 36.9. The van der Waals surface area contributed by atoms with Gasteiger partial charge in [0.15, 0.2) is 0 Å². The van der Waals surface area contributed by atoms with E-state index in [2.05, 4.69) is 16.0 Å². The molecule has 2 saturated heterocycles. The van der Waals surface area contributed by atoms with Gasteiger partial charge in [-0.15, -0.1) is 0 Å². The average molecular weight is 710 g/mol. The third kappa shape index (κ3) is 9.66. The summed E-state index contributed by atoms with van der Waals surface area (Å²) in [4.78, 5) is 82.0. The second kappa shape index (κ2) is 16.6. The molecule has 4 aliphatic rings. The molecule has 1 aromatic rings. The van der Waals surface area contributed by atoms with Crippen molar-refractivity contribution in [2.75, 3.05) is 6.54 Å². The SMILES string of the molecule is CCC(C)[C@H](NC(=O)N[C@H](C(=O)N1C[C@@H]2OC(C)(C)C[C@@H]2[C@H]1C(=O)NC(CC1CC1)C(=O)C(N)=O)C1CCCCC1)C(=O)OCc1ccccc1. The lowest BCUT2D eigenvalue weighted by atomic mass is 9.83. The number of likely N-dealkylation sites (tertiary alicyclic amines) is 1. The van der Waals surface area contributed by atoms with Crippen LogP contribution in [0.3, 0.4) is 0 Å². The molecule has 7 atom stereocenters. The minimum Gasteiger partial charge on any atom is -0.459 e. The lowest BCUT2D eigenvalue weighted by Crippen LogP contribution is -2.61. The molecule has 0 spiro atoms. The number of hydrogen-bond donors (Lipinski definition) is 4.